The summed E-state index contributed by atoms with van der Waals surface area (Å²) in [7, 11) is 0. The van der Waals surface area contributed by atoms with Crippen molar-refractivity contribution in [3.63, 3.8) is 0 Å². The minimum absolute atomic E-state index is 0.0570. The third-order valence-electron chi connectivity index (χ3n) is 1.88. The van der Waals surface area contributed by atoms with Gasteiger partial charge in [-0.3, -0.25) is 4.79 Å². The van der Waals surface area contributed by atoms with E-state index in [1.807, 2.05) is 0 Å². The highest BCUT2D eigenvalue weighted by Crippen LogP contribution is 2.15. The highest BCUT2D eigenvalue weighted by Gasteiger charge is 2.11. The summed E-state index contributed by atoms with van der Waals surface area (Å²) in [5.74, 6) is -1.15. The fourth-order valence-electron chi connectivity index (χ4n) is 1.13. The summed E-state index contributed by atoms with van der Waals surface area (Å²) < 4.78 is 13.9. The second-order valence-corrected chi connectivity index (χ2v) is 4.09. The Morgan fingerprint density at radius 1 is 1.29 bits per heavy atom. The maximum Gasteiger partial charge on any atom is 0.312 e. The summed E-state index contributed by atoms with van der Waals surface area (Å²) in [6.45, 7) is 0.365. The minimum Gasteiger partial charge on any atom is -0.352 e. The number of carbonyl (C=O) groups is 2. The molecule has 1 rings (SSSR count). The molecule has 0 aliphatic rings. The van der Waals surface area contributed by atoms with Crippen molar-refractivity contribution >= 4 is 27.9 Å². The van der Waals surface area contributed by atoms with Gasteiger partial charge in [-0.1, -0.05) is 15.9 Å². The van der Waals surface area contributed by atoms with Crippen LogP contribution in [0.1, 0.15) is 10.4 Å². The number of halogens is 2. The van der Waals surface area contributed by atoms with Gasteiger partial charge in [0.25, 0.3) is 5.91 Å². The van der Waals surface area contributed by atoms with Crippen molar-refractivity contribution in [2.24, 2.45) is 5.73 Å². The van der Waals surface area contributed by atoms with E-state index >= 15 is 0 Å². The molecule has 1 aromatic rings. The molecule has 0 aliphatic heterocycles. The van der Waals surface area contributed by atoms with Crippen LogP contribution in [0.25, 0.3) is 0 Å². The molecule has 0 saturated carbocycles. The van der Waals surface area contributed by atoms with Gasteiger partial charge < -0.3 is 16.4 Å². The standard InChI is InChI=1S/C10H11BrFN3O2/c11-6-1-2-8(12)7(5-6)9(16)14-3-4-15-10(13)17/h1-2,5H,3-4H2,(H,14,16)(H3,13,15,17). The summed E-state index contributed by atoms with van der Waals surface area (Å²) in [6, 6.07) is 3.40. The smallest absolute Gasteiger partial charge is 0.312 e. The maximum atomic E-state index is 13.3. The molecule has 17 heavy (non-hydrogen) atoms. The lowest BCUT2D eigenvalue weighted by Gasteiger charge is -2.06. The highest BCUT2D eigenvalue weighted by atomic mass is 79.9. The summed E-state index contributed by atoms with van der Waals surface area (Å²) in [5.41, 5.74) is 4.78. The van der Waals surface area contributed by atoms with Crippen molar-refractivity contribution in [3.8, 4) is 0 Å². The van der Waals surface area contributed by atoms with Crippen LogP contribution in [0, 0.1) is 5.82 Å². The Labute approximate surface area is 106 Å². The molecule has 0 radical (unpaired) electrons. The van der Waals surface area contributed by atoms with Crippen molar-refractivity contribution in [2.45, 2.75) is 0 Å². The Kier molecular flexibility index (Phi) is 4.89. The molecular formula is C10H11BrFN3O2. The van der Waals surface area contributed by atoms with Crippen LogP contribution in [-0.4, -0.2) is 25.0 Å². The van der Waals surface area contributed by atoms with Gasteiger partial charge >= 0.3 is 6.03 Å². The van der Waals surface area contributed by atoms with Crippen molar-refractivity contribution in [2.75, 3.05) is 13.1 Å². The number of carbonyl (C=O) groups excluding carboxylic acids is 2. The summed E-state index contributed by atoms with van der Waals surface area (Å²) in [5, 5.41) is 4.75. The Balaban J connectivity index is 2.52. The largest absolute Gasteiger partial charge is 0.352 e. The summed E-state index contributed by atoms with van der Waals surface area (Å²) >= 11 is 3.15. The number of nitrogens with one attached hydrogen (secondary N) is 2. The number of rotatable bonds is 4. The fraction of sp³-hybridized carbons (Fsp3) is 0.200. The second kappa shape index (κ2) is 6.19. The molecule has 0 aliphatic carbocycles. The fourth-order valence-corrected chi connectivity index (χ4v) is 1.49. The number of hydrogen-bond donors (Lipinski definition) is 3. The molecule has 0 fully saturated rings. The molecule has 3 amide bonds. The van der Waals surface area contributed by atoms with E-state index in [9.17, 15) is 14.0 Å². The third kappa shape index (κ3) is 4.39. The van der Waals surface area contributed by atoms with Crippen LogP contribution in [0.15, 0.2) is 22.7 Å². The van der Waals surface area contributed by atoms with Crippen molar-refractivity contribution in [3.05, 3.63) is 34.1 Å². The molecule has 0 saturated heterocycles. The Morgan fingerprint density at radius 3 is 2.59 bits per heavy atom. The molecule has 4 N–H and O–H groups in total. The topological polar surface area (TPSA) is 84.2 Å². The van der Waals surface area contributed by atoms with Gasteiger partial charge in [-0.2, -0.15) is 0 Å². The first-order valence-corrected chi connectivity index (χ1v) is 5.56. The molecule has 5 nitrogen and oxygen atoms in total. The van der Waals surface area contributed by atoms with Gasteiger partial charge in [0.15, 0.2) is 0 Å². The number of hydrogen-bond acceptors (Lipinski definition) is 2. The number of primary amides is 1. The van der Waals surface area contributed by atoms with E-state index in [-0.39, 0.29) is 18.7 Å². The zero-order valence-corrected chi connectivity index (χ0v) is 10.4. The van der Waals surface area contributed by atoms with Crippen LogP contribution in [0.2, 0.25) is 0 Å². The Hall–Kier alpha value is -1.63. The molecular weight excluding hydrogens is 293 g/mol. The van der Waals surface area contributed by atoms with Crippen molar-refractivity contribution in [1.82, 2.24) is 10.6 Å². The molecule has 0 bridgehead atoms. The number of benzene rings is 1. The predicted molar refractivity (Wildman–Crippen MR) is 64.0 cm³/mol. The first-order valence-electron chi connectivity index (χ1n) is 4.77. The van der Waals surface area contributed by atoms with E-state index in [4.69, 9.17) is 5.73 Å². The van der Waals surface area contributed by atoms with Crippen molar-refractivity contribution < 1.29 is 14.0 Å². The van der Waals surface area contributed by atoms with Gasteiger partial charge in [0.05, 0.1) is 5.56 Å². The van der Waals surface area contributed by atoms with Crippen LogP contribution in [0.5, 0.6) is 0 Å². The average molecular weight is 304 g/mol. The van der Waals surface area contributed by atoms with Crippen LogP contribution in [0.3, 0.4) is 0 Å². The number of urea groups is 1. The quantitative estimate of drug-likeness (QED) is 0.725. The van der Waals surface area contributed by atoms with E-state index in [2.05, 4.69) is 26.6 Å². The molecule has 0 atom stereocenters. The first kappa shape index (κ1) is 13.4. The lowest BCUT2D eigenvalue weighted by atomic mass is 10.2. The van der Waals surface area contributed by atoms with Gasteiger partial charge in [0.1, 0.15) is 5.82 Å². The molecule has 0 unspecified atom stereocenters. The molecule has 92 valence electrons. The van der Waals surface area contributed by atoms with Crippen LogP contribution < -0.4 is 16.4 Å². The van der Waals surface area contributed by atoms with Gasteiger partial charge in [-0.25, -0.2) is 9.18 Å². The molecule has 0 spiro atoms. The zero-order chi connectivity index (χ0) is 12.8. The molecule has 7 heteroatoms. The predicted octanol–water partition coefficient (Wildman–Crippen LogP) is 0.986. The number of nitrogens with two attached hydrogens (primary N) is 1. The van der Waals surface area contributed by atoms with Gasteiger partial charge in [-0.05, 0) is 18.2 Å². The van der Waals surface area contributed by atoms with E-state index in [0.29, 0.717) is 4.47 Å². The highest BCUT2D eigenvalue weighted by molar-refractivity contribution is 9.10. The van der Waals surface area contributed by atoms with Gasteiger partial charge in [-0.15, -0.1) is 0 Å². The lowest BCUT2D eigenvalue weighted by molar-refractivity contribution is 0.0950. The zero-order valence-electron chi connectivity index (χ0n) is 8.80. The van der Waals surface area contributed by atoms with Crippen LogP contribution in [0.4, 0.5) is 9.18 Å². The van der Waals surface area contributed by atoms with Gasteiger partial charge in [0.2, 0.25) is 0 Å². The maximum absolute atomic E-state index is 13.3. The SMILES string of the molecule is NC(=O)NCCNC(=O)c1cc(Br)ccc1F. The molecule has 1 aromatic carbocycles. The summed E-state index contributed by atoms with van der Waals surface area (Å²) in [4.78, 5) is 21.9. The third-order valence-corrected chi connectivity index (χ3v) is 2.38. The normalized spacial score (nSPS) is 9.76. The molecule has 0 heterocycles. The molecule has 0 aromatic heterocycles. The van der Waals surface area contributed by atoms with Crippen LogP contribution in [-0.2, 0) is 0 Å². The van der Waals surface area contributed by atoms with Crippen molar-refractivity contribution in [1.29, 1.82) is 0 Å². The van der Waals surface area contributed by atoms with E-state index in [1.165, 1.54) is 18.2 Å². The van der Waals surface area contributed by atoms with Crippen LogP contribution >= 0.6 is 15.9 Å². The monoisotopic (exact) mass is 303 g/mol. The Bertz CT molecular complexity index is 440. The lowest BCUT2D eigenvalue weighted by Crippen LogP contribution is -2.37. The minimum atomic E-state index is -0.673. The first-order chi connectivity index (χ1) is 8.00. The van der Waals surface area contributed by atoms with E-state index < -0.39 is 17.8 Å². The Morgan fingerprint density at radius 2 is 1.94 bits per heavy atom. The average Bonchev–Trinajstić information content (AvgIpc) is 2.27. The van der Waals surface area contributed by atoms with E-state index in [1.54, 1.807) is 0 Å². The number of amides is 3. The van der Waals surface area contributed by atoms with E-state index in [0.717, 1.165) is 0 Å². The summed E-state index contributed by atoms with van der Waals surface area (Å²) in [6.07, 6.45) is 0. The van der Waals surface area contributed by atoms with Gasteiger partial charge in [0, 0.05) is 17.6 Å². The second-order valence-electron chi connectivity index (χ2n) is 3.17.